The number of nitrogens with zero attached hydrogens (tertiary/aromatic N) is 1. The van der Waals surface area contributed by atoms with Gasteiger partial charge in [-0.05, 0) is 61.9 Å². The standard InChI is InChI=1S/C18H24N2O2/c21-17(22)14-11-16(19-12-14)13-1-3-15(4-2-13)18-5-8-20(9-6-18)10-7-18/h1-4,14,16,19H,5-12H2,(H,21,22). The van der Waals surface area contributed by atoms with Crippen LogP contribution in [0.1, 0.15) is 42.9 Å². The second-order valence-electron chi connectivity index (χ2n) is 7.23. The molecule has 5 rings (SSSR count). The van der Waals surface area contributed by atoms with Gasteiger partial charge in [0.2, 0.25) is 0 Å². The van der Waals surface area contributed by atoms with Crippen molar-refractivity contribution < 1.29 is 9.90 Å². The van der Waals surface area contributed by atoms with Gasteiger partial charge in [-0.2, -0.15) is 0 Å². The summed E-state index contributed by atoms with van der Waals surface area (Å²) in [5.74, 6) is -0.926. The summed E-state index contributed by atoms with van der Waals surface area (Å²) in [5.41, 5.74) is 3.13. The first kappa shape index (κ1) is 14.2. The lowest BCUT2D eigenvalue weighted by molar-refractivity contribution is -0.141. The Kier molecular flexibility index (Phi) is 3.46. The summed E-state index contributed by atoms with van der Waals surface area (Å²) in [6.07, 6.45) is 4.56. The van der Waals surface area contributed by atoms with Gasteiger partial charge in [-0.15, -0.1) is 0 Å². The predicted octanol–water partition coefficient (Wildman–Crippen LogP) is 2.16. The molecule has 0 amide bonds. The highest BCUT2D eigenvalue weighted by molar-refractivity contribution is 5.70. The smallest absolute Gasteiger partial charge is 0.307 e. The molecule has 0 spiro atoms. The summed E-state index contributed by atoms with van der Waals surface area (Å²) in [5, 5.41) is 12.5. The molecule has 0 saturated carbocycles. The maximum absolute atomic E-state index is 11.1. The summed E-state index contributed by atoms with van der Waals surface area (Å²) in [7, 11) is 0. The Morgan fingerprint density at radius 2 is 1.77 bits per heavy atom. The third-order valence-corrected chi connectivity index (χ3v) is 6.13. The molecule has 0 aromatic heterocycles. The Hall–Kier alpha value is -1.39. The number of benzene rings is 1. The number of aliphatic carboxylic acids is 1. The molecule has 118 valence electrons. The zero-order valence-electron chi connectivity index (χ0n) is 12.9. The van der Waals surface area contributed by atoms with Gasteiger partial charge >= 0.3 is 5.97 Å². The third kappa shape index (κ3) is 2.34. The van der Waals surface area contributed by atoms with Crippen LogP contribution >= 0.6 is 0 Å². The van der Waals surface area contributed by atoms with Crippen LogP contribution in [0, 0.1) is 5.92 Å². The van der Waals surface area contributed by atoms with Gasteiger partial charge in [-0.3, -0.25) is 4.79 Å². The first-order valence-corrected chi connectivity index (χ1v) is 8.45. The first-order valence-electron chi connectivity index (χ1n) is 8.45. The molecular formula is C18H24N2O2. The summed E-state index contributed by atoms with van der Waals surface area (Å²) in [6.45, 7) is 4.31. The van der Waals surface area contributed by atoms with E-state index < -0.39 is 5.97 Å². The van der Waals surface area contributed by atoms with Gasteiger partial charge in [0.05, 0.1) is 5.92 Å². The van der Waals surface area contributed by atoms with Crippen LogP contribution in [0.2, 0.25) is 0 Å². The highest BCUT2D eigenvalue weighted by Gasteiger charge is 2.40. The molecule has 0 aliphatic carbocycles. The van der Waals surface area contributed by atoms with Gasteiger partial charge in [-0.25, -0.2) is 0 Å². The Balaban J connectivity index is 1.50. The minimum Gasteiger partial charge on any atom is -0.481 e. The molecule has 2 atom stereocenters. The van der Waals surface area contributed by atoms with E-state index in [0.29, 0.717) is 18.4 Å². The van der Waals surface area contributed by atoms with Crippen molar-refractivity contribution in [2.75, 3.05) is 26.2 Å². The Morgan fingerprint density at radius 3 is 2.32 bits per heavy atom. The highest BCUT2D eigenvalue weighted by Crippen LogP contribution is 2.43. The van der Waals surface area contributed by atoms with Crippen molar-refractivity contribution in [1.82, 2.24) is 10.2 Å². The molecule has 4 aliphatic heterocycles. The van der Waals surface area contributed by atoms with E-state index in [1.807, 2.05) is 0 Å². The molecule has 4 saturated heterocycles. The molecule has 0 radical (unpaired) electrons. The van der Waals surface area contributed by atoms with E-state index in [0.717, 1.165) is 0 Å². The fourth-order valence-corrected chi connectivity index (χ4v) is 4.51. The molecule has 4 heterocycles. The Bertz CT molecular complexity index is 547. The third-order valence-electron chi connectivity index (χ3n) is 6.13. The summed E-state index contributed by atoms with van der Waals surface area (Å²) >= 11 is 0. The van der Waals surface area contributed by atoms with Crippen molar-refractivity contribution in [3.05, 3.63) is 35.4 Å². The molecule has 1 aromatic carbocycles. The van der Waals surface area contributed by atoms with Crippen LogP contribution in [0.5, 0.6) is 0 Å². The molecule has 4 aliphatic rings. The second-order valence-corrected chi connectivity index (χ2v) is 7.23. The number of carboxylic acids is 1. The Labute approximate surface area is 131 Å². The number of carboxylic acid groups (broad SMARTS) is 1. The van der Waals surface area contributed by atoms with Gasteiger partial charge in [-0.1, -0.05) is 24.3 Å². The van der Waals surface area contributed by atoms with Gasteiger partial charge in [0.15, 0.2) is 0 Å². The summed E-state index contributed by atoms with van der Waals surface area (Å²) in [4.78, 5) is 13.7. The van der Waals surface area contributed by atoms with E-state index in [4.69, 9.17) is 5.11 Å². The van der Waals surface area contributed by atoms with E-state index in [2.05, 4.69) is 34.5 Å². The van der Waals surface area contributed by atoms with E-state index >= 15 is 0 Å². The lowest BCUT2D eigenvalue weighted by Gasteiger charge is -2.49. The molecule has 4 heteroatoms. The van der Waals surface area contributed by atoms with Gasteiger partial charge in [0.25, 0.3) is 0 Å². The molecule has 4 nitrogen and oxygen atoms in total. The van der Waals surface area contributed by atoms with Crippen LogP contribution in [-0.2, 0) is 10.2 Å². The number of hydrogen-bond acceptors (Lipinski definition) is 3. The molecular weight excluding hydrogens is 276 g/mol. The molecule has 2 bridgehead atoms. The van der Waals surface area contributed by atoms with Crippen molar-refractivity contribution >= 4 is 5.97 Å². The lowest BCUT2D eigenvalue weighted by Crippen LogP contribution is -2.50. The second kappa shape index (κ2) is 5.36. The molecule has 4 fully saturated rings. The minimum absolute atomic E-state index is 0.195. The average molecular weight is 300 g/mol. The quantitative estimate of drug-likeness (QED) is 0.898. The normalized spacial score (nSPS) is 37.4. The van der Waals surface area contributed by atoms with Gasteiger partial charge in [0.1, 0.15) is 0 Å². The SMILES string of the molecule is O=C(O)C1CNC(c2ccc(C34CCN(CC3)CC4)cc2)C1. The van der Waals surface area contributed by atoms with Crippen LogP contribution in [0.15, 0.2) is 24.3 Å². The zero-order chi connectivity index (χ0) is 15.2. The topological polar surface area (TPSA) is 52.6 Å². The highest BCUT2D eigenvalue weighted by atomic mass is 16.4. The number of piperidine rings is 3. The van der Waals surface area contributed by atoms with E-state index in [9.17, 15) is 4.79 Å². The number of carbonyl (C=O) groups is 1. The van der Waals surface area contributed by atoms with E-state index in [1.54, 1.807) is 0 Å². The van der Waals surface area contributed by atoms with Crippen molar-refractivity contribution in [2.45, 2.75) is 37.1 Å². The maximum atomic E-state index is 11.1. The molecule has 2 N–H and O–H groups in total. The fraction of sp³-hybridized carbons (Fsp3) is 0.611. The van der Waals surface area contributed by atoms with Crippen molar-refractivity contribution in [1.29, 1.82) is 0 Å². The molecule has 1 aromatic rings. The van der Waals surface area contributed by atoms with Crippen LogP contribution in [0.3, 0.4) is 0 Å². The molecule has 22 heavy (non-hydrogen) atoms. The van der Waals surface area contributed by atoms with Crippen molar-refractivity contribution in [2.24, 2.45) is 5.92 Å². The zero-order valence-corrected chi connectivity index (χ0v) is 12.9. The van der Waals surface area contributed by atoms with Crippen LogP contribution in [-0.4, -0.2) is 42.2 Å². The Morgan fingerprint density at radius 1 is 1.14 bits per heavy atom. The lowest BCUT2D eigenvalue weighted by atomic mass is 9.67. The minimum atomic E-state index is -0.681. The van der Waals surface area contributed by atoms with E-state index in [1.165, 1.54) is 50.0 Å². The summed E-state index contributed by atoms with van der Waals surface area (Å²) < 4.78 is 0. The van der Waals surface area contributed by atoms with Gasteiger partial charge in [0, 0.05) is 12.6 Å². The van der Waals surface area contributed by atoms with E-state index in [-0.39, 0.29) is 12.0 Å². The van der Waals surface area contributed by atoms with Crippen molar-refractivity contribution in [3.8, 4) is 0 Å². The van der Waals surface area contributed by atoms with Crippen LogP contribution in [0.25, 0.3) is 0 Å². The van der Waals surface area contributed by atoms with Gasteiger partial charge < -0.3 is 15.3 Å². The summed E-state index contributed by atoms with van der Waals surface area (Å²) in [6, 6.07) is 9.22. The number of hydrogen-bond donors (Lipinski definition) is 2. The monoisotopic (exact) mass is 300 g/mol. The fourth-order valence-electron chi connectivity index (χ4n) is 4.51. The average Bonchev–Trinajstić information content (AvgIpc) is 3.07. The van der Waals surface area contributed by atoms with Crippen LogP contribution in [0.4, 0.5) is 0 Å². The number of rotatable bonds is 3. The van der Waals surface area contributed by atoms with Crippen molar-refractivity contribution in [3.63, 3.8) is 0 Å². The molecule has 2 unspecified atom stereocenters. The first-order chi connectivity index (χ1) is 10.7. The largest absolute Gasteiger partial charge is 0.481 e. The van der Waals surface area contributed by atoms with Crippen LogP contribution < -0.4 is 5.32 Å². The number of nitrogens with one attached hydrogen (secondary N) is 1. The predicted molar refractivity (Wildman–Crippen MR) is 84.9 cm³/mol. The number of fused-ring (bicyclic) bond motifs is 3. The maximum Gasteiger partial charge on any atom is 0.307 e.